The first kappa shape index (κ1) is 27.0. The first-order valence-electron chi connectivity index (χ1n) is 12.9. The predicted octanol–water partition coefficient (Wildman–Crippen LogP) is 6.75. The summed E-state index contributed by atoms with van der Waals surface area (Å²) in [5, 5.41) is 3.65. The second-order valence-corrected chi connectivity index (χ2v) is 11.2. The van der Waals surface area contributed by atoms with Crippen molar-refractivity contribution in [2.45, 2.75) is 19.3 Å². The van der Waals surface area contributed by atoms with E-state index >= 15 is 0 Å². The van der Waals surface area contributed by atoms with Gasteiger partial charge in [0.25, 0.3) is 0 Å². The summed E-state index contributed by atoms with van der Waals surface area (Å²) in [7, 11) is -0.814. The van der Waals surface area contributed by atoms with E-state index in [9.17, 15) is 17.4 Å². The van der Waals surface area contributed by atoms with Crippen LogP contribution in [0.15, 0.2) is 89.6 Å². The number of ether oxygens (including phenoxy) is 1. The van der Waals surface area contributed by atoms with E-state index in [1.54, 1.807) is 24.3 Å². The highest BCUT2D eigenvalue weighted by Crippen LogP contribution is 2.39. The molecule has 3 heterocycles. The highest BCUT2D eigenvalue weighted by atomic mass is 32.2. The Bertz CT molecular complexity index is 1710. The number of aromatic nitrogens is 2. The third-order valence-corrected chi connectivity index (χ3v) is 8.00. The maximum atomic E-state index is 14.0. The molecule has 1 fully saturated rings. The number of hydrogen-bond donors (Lipinski definition) is 1. The Kier molecular flexibility index (Phi) is 7.46. The van der Waals surface area contributed by atoms with Crippen LogP contribution in [0.1, 0.15) is 16.9 Å². The maximum Gasteiger partial charge on any atom is 0.420 e. The molecule has 5 aromatic rings. The molecule has 1 atom stereocenters. The molecule has 0 aliphatic carbocycles. The topological polar surface area (TPSA) is 80.5 Å². The lowest BCUT2D eigenvalue weighted by atomic mass is 10.1. The molecule has 1 unspecified atom stereocenters. The van der Waals surface area contributed by atoms with E-state index in [4.69, 9.17) is 9.15 Å². The lowest BCUT2D eigenvalue weighted by Gasteiger charge is -2.16. The molecule has 41 heavy (non-hydrogen) atoms. The Morgan fingerprint density at radius 2 is 1.85 bits per heavy atom. The van der Waals surface area contributed by atoms with Crippen LogP contribution in [0, 0.1) is 0 Å². The van der Waals surface area contributed by atoms with Crippen LogP contribution in [0.5, 0.6) is 5.75 Å². The summed E-state index contributed by atoms with van der Waals surface area (Å²) in [5.74, 6) is 2.70. The van der Waals surface area contributed by atoms with Crippen molar-refractivity contribution in [1.82, 2.24) is 14.9 Å². The first-order chi connectivity index (χ1) is 19.8. The summed E-state index contributed by atoms with van der Waals surface area (Å²) < 4.78 is 65.2. The van der Waals surface area contributed by atoms with Crippen LogP contribution in [0.4, 0.5) is 24.7 Å². The highest BCUT2D eigenvalue weighted by molar-refractivity contribution is 7.85. The van der Waals surface area contributed by atoms with E-state index in [0.29, 0.717) is 40.7 Å². The Labute approximate surface area is 236 Å². The van der Waals surface area contributed by atoms with Crippen LogP contribution in [0.3, 0.4) is 0 Å². The monoisotopic (exact) mass is 578 g/mol. The molecule has 6 rings (SSSR count). The van der Waals surface area contributed by atoms with Crippen LogP contribution in [0.2, 0.25) is 0 Å². The average Bonchev–Trinajstić information content (AvgIpc) is 3.61. The summed E-state index contributed by atoms with van der Waals surface area (Å²) >= 11 is 0. The summed E-state index contributed by atoms with van der Waals surface area (Å²) in [5.41, 5.74) is 1.48. The Morgan fingerprint density at radius 1 is 1.00 bits per heavy atom. The Morgan fingerprint density at radius 3 is 2.63 bits per heavy atom. The van der Waals surface area contributed by atoms with E-state index in [1.165, 1.54) is 18.5 Å². The van der Waals surface area contributed by atoms with Crippen molar-refractivity contribution in [2.24, 2.45) is 0 Å². The normalized spacial score (nSPS) is 15.8. The number of benzene rings is 3. The molecule has 1 aliphatic heterocycles. The zero-order chi connectivity index (χ0) is 28.4. The van der Waals surface area contributed by atoms with Crippen molar-refractivity contribution >= 4 is 33.2 Å². The lowest BCUT2D eigenvalue weighted by Crippen LogP contribution is -2.18. The van der Waals surface area contributed by atoms with E-state index in [1.807, 2.05) is 36.4 Å². The Hall–Kier alpha value is -4.22. The van der Waals surface area contributed by atoms with Gasteiger partial charge in [0, 0.05) is 39.7 Å². The summed E-state index contributed by atoms with van der Waals surface area (Å²) in [4.78, 5) is 10.7. The number of furan rings is 1. The van der Waals surface area contributed by atoms with Gasteiger partial charge in [-0.05, 0) is 54.1 Å². The van der Waals surface area contributed by atoms with Gasteiger partial charge in [-0.25, -0.2) is 9.97 Å². The molecule has 0 spiro atoms. The van der Waals surface area contributed by atoms with Gasteiger partial charge in [0.15, 0.2) is 0 Å². The molecule has 11 heteroatoms. The number of rotatable bonds is 8. The zero-order valence-corrected chi connectivity index (χ0v) is 22.5. The fraction of sp³-hybridized carbons (Fsp3) is 0.200. The molecule has 7 nitrogen and oxygen atoms in total. The quantitative estimate of drug-likeness (QED) is 0.218. The molecular weight excluding hydrogens is 553 g/mol. The number of halogens is 3. The number of alkyl halides is 3. The number of hydrogen-bond acceptors (Lipinski definition) is 7. The smallest absolute Gasteiger partial charge is 0.420 e. The fourth-order valence-corrected chi connectivity index (χ4v) is 5.88. The molecule has 2 aromatic heterocycles. The van der Waals surface area contributed by atoms with Crippen LogP contribution >= 0.6 is 0 Å². The minimum Gasteiger partial charge on any atom is -0.488 e. The van der Waals surface area contributed by atoms with Crippen LogP contribution in [0.25, 0.3) is 22.2 Å². The summed E-state index contributed by atoms with van der Waals surface area (Å²) in [6.45, 7) is 1.35. The van der Waals surface area contributed by atoms with Crippen molar-refractivity contribution in [3.8, 4) is 17.1 Å². The maximum absolute atomic E-state index is 14.0. The molecule has 0 saturated carbocycles. The number of anilines is 2. The van der Waals surface area contributed by atoms with Gasteiger partial charge in [-0.3, -0.25) is 9.11 Å². The van der Waals surface area contributed by atoms with Crippen LogP contribution in [-0.2, 0) is 30.1 Å². The number of fused-ring (bicyclic) bond motifs is 1. The van der Waals surface area contributed by atoms with Crippen molar-refractivity contribution in [3.05, 3.63) is 102 Å². The second kappa shape index (κ2) is 11.3. The molecule has 0 amide bonds. The highest BCUT2D eigenvalue weighted by Gasteiger charge is 2.35. The van der Waals surface area contributed by atoms with Gasteiger partial charge in [0.2, 0.25) is 0 Å². The molecule has 1 aliphatic rings. The van der Waals surface area contributed by atoms with Crippen molar-refractivity contribution in [3.63, 3.8) is 0 Å². The fourth-order valence-electron chi connectivity index (χ4n) is 4.66. The van der Waals surface area contributed by atoms with E-state index in [2.05, 4.69) is 20.2 Å². The van der Waals surface area contributed by atoms with Crippen molar-refractivity contribution in [1.29, 1.82) is 0 Å². The first-order valence-corrected chi connectivity index (χ1v) is 14.4. The largest absolute Gasteiger partial charge is 0.488 e. The van der Waals surface area contributed by atoms with Gasteiger partial charge in [0.1, 0.15) is 36.0 Å². The van der Waals surface area contributed by atoms with E-state index in [-0.39, 0.29) is 18.0 Å². The SMILES string of the molecule is O=S1CCN(Cc2ccc(-c3ccc4ncnc(Nc5ccc(OCc6ccccc6)c(C(F)(F)F)c5)c4c3)o2)C1. The predicted molar refractivity (Wildman–Crippen MR) is 151 cm³/mol. The second-order valence-electron chi connectivity index (χ2n) is 9.65. The lowest BCUT2D eigenvalue weighted by molar-refractivity contribution is -0.139. The van der Waals surface area contributed by atoms with Gasteiger partial charge in [0.05, 0.1) is 23.5 Å². The van der Waals surface area contributed by atoms with Gasteiger partial charge in [-0.15, -0.1) is 0 Å². The third kappa shape index (κ3) is 6.26. The van der Waals surface area contributed by atoms with Crippen molar-refractivity contribution in [2.75, 3.05) is 23.5 Å². The number of nitrogens with zero attached hydrogens (tertiary/aromatic N) is 3. The summed E-state index contributed by atoms with van der Waals surface area (Å²) in [6.07, 6.45) is -3.26. The van der Waals surface area contributed by atoms with Gasteiger partial charge >= 0.3 is 6.18 Å². The van der Waals surface area contributed by atoms with E-state index in [0.717, 1.165) is 29.5 Å². The molecular formula is C30H25F3N4O3S. The van der Waals surface area contributed by atoms with Crippen LogP contribution < -0.4 is 10.1 Å². The molecule has 0 radical (unpaired) electrons. The summed E-state index contributed by atoms with van der Waals surface area (Å²) in [6, 6.07) is 22.1. The minimum atomic E-state index is -4.62. The van der Waals surface area contributed by atoms with Crippen molar-refractivity contribution < 1.29 is 26.5 Å². The number of nitrogens with one attached hydrogen (secondary N) is 1. The average molecular weight is 579 g/mol. The molecule has 0 bridgehead atoms. The van der Waals surface area contributed by atoms with Gasteiger partial charge < -0.3 is 14.5 Å². The molecule has 210 valence electrons. The minimum absolute atomic E-state index is 0.0159. The third-order valence-electron chi connectivity index (χ3n) is 6.71. The van der Waals surface area contributed by atoms with Gasteiger partial charge in [-0.1, -0.05) is 30.3 Å². The van der Waals surface area contributed by atoms with Crippen LogP contribution in [-0.4, -0.2) is 37.3 Å². The van der Waals surface area contributed by atoms with Gasteiger partial charge in [-0.2, -0.15) is 13.2 Å². The molecule has 1 N–H and O–H groups in total. The van der Waals surface area contributed by atoms with E-state index < -0.39 is 22.5 Å². The Balaban J connectivity index is 1.25. The zero-order valence-electron chi connectivity index (χ0n) is 21.7. The molecule has 1 saturated heterocycles. The molecule has 3 aromatic carbocycles. The standard InChI is InChI=1S/C30H25F3N4O3S/c31-30(32,33)25-15-22(7-10-28(25)39-17-20-4-2-1-3-5-20)36-29-24-14-21(6-9-26(24)34-18-35-29)27-11-8-23(40-27)16-37-12-13-41(38)19-37/h1-11,14-15,18H,12-13,16-17,19H2,(H,34,35,36).